The molecule has 20 heavy (non-hydrogen) atoms. The fraction of sp³-hybridized carbons (Fsp3) is 0.429. The second-order valence-electron chi connectivity index (χ2n) is 4.82. The minimum absolute atomic E-state index is 0.0166. The molecule has 6 heteroatoms. The third kappa shape index (κ3) is 2.34. The summed E-state index contributed by atoms with van der Waals surface area (Å²) in [5, 5.41) is 10.2. The Labute approximate surface area is 115 Å². The number of hydrogen-bond acceptors (Lipinski definition) is 5. The van der Waals surface area contributed by atoms with Crippen LogP contribution < -0.4 is 9.47 Å². The quantitative estimate of drug-likeness (QED) is 0.821. The molecule has 6 nitrogen and oxygen atoms in total. The zero-order valence-corrected chi connectivity index (χ0v) is 10.9. The van der Waals surface area contributed by atoms with Crippen molar-refractivity contribution in [3.63, 3.8) is 0 Å². The molecule has 0 saturated carbocycles. The molecule has 1 aromatic rings. The molecule has 1 fully saturated rings. The van der Waals surface area contributed by atoms with E-state index in [0.29, 0.717) is 30.3 Å². The van der Waals surface area contributed by atoms with Crippen molar-refractivity contribution in [2.45, 2.75) is 18.9 Å². The molecule has 1 unspecified atom stereocenters. The number of carbonyl (C=O) groups is 2. The molecule has 1 saturated heterocycles. The molecule has 2 aliphatic heterocycles. The average Bonchev–Trinajstić information content (AvgIpc) is 2.78. The fourth-order valence-corrected chi connectivity index (χ4v) is 2.37. The SMILES string of the molecule is O=C1CCC(=O)N1CC(O)c1ccc2c(c1)OCCO2. The summed E-state index contributed by atoms with van der Waals surface area (Å²) in [4.78, 5) is 24.2. The monoisotopic (exact) mass is 277 g/mol. The Kier molecular flexibility index (Phi) is 3.31. The van der Waals surface area contributed by atoms with E-state index in [1.165, 1.54) is 0 Å². The highest BCUT2D eigenvalue weighted by molar-refractivity contribution is 6.01. The van der Waals surface area contributed by atoms with Gasteiger partial charge in [0.05, 0.1) is 12.6 Å². The number of amides is 2. The van der Waals surface area contributed by atoms with E-state index in [9.17, 15) is 14.7 Å². The van der Waals surface area contributed by atoms with Gasteiger partial charge >= 0.3 is 0 Å². The summed E-state index contributed by atoms with van der Waals surface area (Å²) >= 11 is 0. The molecule has 0 aromatic heterocycles. The summed E-state index contributed by atoms with van der Waals surface area (Å²) < 4.78 is 10.8. The molecule has 1 aromatic carbocycles. The third-order valence-electron chi connectivity index (χ3n) is 3.46. The van der Waals surface area contributed by atoms with Crippen LogP contribution in [-0.4, -0.2) is 41.6 Å². The summed E-state index contributed by atoms with van der Waals surface area (Å²) in [6.45, 7) is 0.957. The van der Waals surface area contributed by atoms with Gasteiger partial charge in [0.2, 0.25) is 11.8 Å². The normalized spacial score (nSPS) is 19.4. The lowest BCUT2D eigenvalue weighted by molar-refractivity contribution is -0.140. The lowest BCUT2D eigenvalue weighted by Crippen LogP contribution is -2.33. The highest BCUT2D eigenvalue weighted by Crippen LogP contribution is 2.33. The smallest absolute Gasteiger partial charge is 0.229 e. The zero-order valence-electron chi connectivity index (χ0n) is 10.9. The van der Waals surface area contributed by atoms with Gasteiger partial charge in [-0.25, -0.2) is 0 Å². The summed E-state index contributed by atoms with van der Waals surface area (Å²) in [6, 6.07) is 5.12. The molecule has 0 bridgehead atoms. The summed E-state index contributed by atoms with van der Waals surface area (Å²) in [5.74, 6) is 0.755. The minimum Gasteiger partial charge on any atom is -0.486 e. The van der Waals surface area contributed by atoms with Gasteiger partial charge in [0.25, 0.3) is 0 Å². The van der Waals surface area contributed by atoms with Crippen molar-refractivity contribution in [1.82, 2.24) is 4.90 Å². The van der Waals surface area contributed by atoms with Crippen LogP contribution in [0.3, 0.4) is 0 Å². The maximum atomic E-state index is 11.5. The Morgan fingerprint density at radius 1 is 1.10 bits per heavy atom. The second-order valence-corrected chi connectivity index (χ2v) is 4.82. The van der Waals surface area contributed by atoms with Crippen molar-refractivity contribution in [2.24, 2.45) is 0 Å². The lowest BCUT2D eigenvalue weighted by atomic mass is 10.1. The van der Waals surface area contributed by atoms with Gasteiger partial charge < -0.3 is 14.6 Å². The summed E-state index contributed by atoms with van der Waals surface area (Å²) in [7, 11) is 0. The van der Waals surface area contributed by atoms with Gasteiger partial charge in [0.1, 0.15) is 13.2 Å². The van der Waals surface area contributed by atoms with E-state index in [0.717, 1.165) is 4.90 Å². The number of likely N-dealkylation sites (tertiary alicyclic amines) is 1. The first-order valence-electron chi connectivity index (χ1n) is 6.56. The standard InChI is InChI=1S/C14H15NO5/c16-10(8-15-13(17)3-4-14(15)18)9-1-2-11-12(7-9)20-6-5-19-11/h1-2,7,10,16H,3-6,8H2. The van der Waals surface area contributed by atoms with Crippen LogP contribution in [0.15, 0.2) is 18.2 Å². The first-order chi connectivity index (χ1) is 9.65. The zero-order chi connectivity index (χ0) is 14.1. The van der Waals surface area contributed by atoms with Crippen molar-refractivity contribution in [3.8, 4) is 11.5 Å². The van der Waals surface area contributed by atoms with Crippen molar-refractivity contribution < 1.29 is 24.2 Å². The van der Waals surface area contributed by atoms with Crippen molar-refractivity contribution in [3.05, 3.63) is 23.8 Å². The summed E-state index contributed by atoms with van der Waals surface area (Å²) in [6.07, 6.45) is -0.462. The van der Waals surface area contributed by atoms with Crippen LogP contribution in [0.2, 0.25) is 0 Å². The number of nitrogens with zero attached hydrogens (tertiary/aromatic N) is 1. The van der Waals surface area contributed by atoms with E-state index >= 15 is 0 Å². The third-order valence-corrected chi connectivity index (χ3v) is 3.46. The van der Waals surface area contributed by atoms with Gasteiger partial charge in [-0.3, -0.25) is 14.5 Å². The molecule has 0 radical (unpaired) electrons. The van der Waals surface area contributed by atoms with Gasteiger partial charge in [0, 0.05) is 12.8 Å². The molecule has 1 N–H and O–H groups in total. The number of rotatable bonds is 3. The molecule has 0 spiro atoms. The van der Waals surface area contributed by atoms with E-state index in [-0.39, 0.29) is 31.2 Å². The second kappa shape index (κ2) is 5.13. The Hall–Kier alpha value is -2.08. The van der Waals surface area contributed by atoms with Crippen LogP contribution in [0.25, 0.3) is 0 Å². The number of imide groups is 1. The molecule has 3 rings (SSSR count). The predicted molar refractivity (Wildman–Crippen MR) is 68.3 cm³/mol. The van der Waals surface area contributed by atoms with Gasteiger partial charge in [-0.05, 0) is 17.7 Å². The number of hydrogen-bond donors (Lipinski definition) is 1. The molecule has 106 valence electrons. The average molecular weight is 277 g/mol. The fourth-order valence-electron chi connectivity index (χ4n) is 2.37. The van der Waals surface area contributed by atoms with E-state index < -0.39 is 6.10 Å². The van der Waals surface area contributed by atoms with Gasteiger partial charge in [-0.1, -0.05) is 6.07 Å². The van der Waals surface area contributed by atoms with Crippen LogP contribution >= 0.6 is 0 Å². The van der Waals surface area contributed by atoms with E-state index in [4.69, 9.17) is 9.47 Å². The Bertz CT molecular complexity index is 540. The molecule has 0 aliphatic carbocycles. The van der Waals surface area contributed by atoms with E-state index in [2.05, 4.69) is 0 Å². The Balaban J connectivity index is 1.75. The van der Waals surface area contributed by atoms with Crippen molar-refractivity contribution in [1.29, 1.82) is 0 Å². The van der Waals surface area contributed by atoms with Crippen LogP contribution in [0.4, 0.5) is 0 Å². The van der Waals surface area contributed by atoms with Crippen molar-refractivity contribution >= 4 is 11.8 Å². The van der Waals surface area contributed by atoms with Crippen LogP contribution in [0, 0.1) is 0 Å². The maximum absolute atomic E-state index is 11.5. The molecular formula is C14H15NO5. The number of ether oxygens (including phenoxy) is 2. The van der Waals surface area contributed by atoms with Gasteiger partial charge in [-0.2, -0.15) is 0 Å². The first kappa shape index (κ1) is 12.9. The number of benzene rings is 1. The predicted octanol–water partition coefficient (Wildman–Crippen LogP) is 0.640. The largest absolute Gasteiger partial charge is 0.486 e. The summed E-state index contributed by atoms with van der Waals surface area (Å²) in [5.41, 5.74) is 0.599. The number of β-amino-alcohol motifs (C(OH)–C–C–N with tert-alkyl or cyclic N) is 1. The number of aliphatic hydroxyl groups is 1. The number of aliphatic hydroxyl groups excluding tert-OH is 1. The van der Waals surface area contributed by atoms with Gasteiger partial charge in [0.15, 0.2) is 11.5 Å². The Morgan fingerprint density at radius 2 is 1.75 bits per heavy atom. The van der Waals surface area contributed by atoms with Crippen LogP contribution in [0.5, 0.6) is 11.5 Å². The first-order valence-corrected chi connectivity index (χ1v) is 6.56. The lowest BCUT2D eigenvalue weighted by Gasteiger charge is -2.22. The Morgan fingerprint density at radius 3 is 2.45 bits per heavy atom. The molecule has 1 atom stereocenters. The molecule has 2 heterocycles. The number of fused-ring (bicyclic) bond motifs is 1. The number of carbonyl (C=O) groups excluding carboxylic acids is 2. The van der Waals surface area contributed by atoms with Crippen molar-refractivity contribution in [2.75, 3.05) is 19.8 Å². The van der Waals surface area contributed by atoms with E-state index in [1.54, 1.807) is 18.2 Å². The van der Waals surface area contributed by atoms with Gasteiger partial charge in [-0.15, -0.1) is 0 Å². The molecule has 2 aliphatic rings. The van der Waals surface area contributed by atoms with Crippen LogP contribution in [0.1, 0.15) is 24.5 Å². The topological polar surface area (TPSA) is 76.1 Å². The maximum Gasteiger partial charge on any atom is 0.229 e. The van der Waals surface area contributed by atoms with Crippen LogP contribution in [-0.2, 0) is 9.59 Å². The molecule has 2 amide bonds. The minimum atomic E-state index is -0.920. The molecular weight excluding hydrogens is 262 g/mol. The highest BCUT2D eigenvalue weighted by Gasteiger charge is 2.31. The van der Waals surface area contributed by atoms with E-state index in [1.807, 2.05) is 0 Å². The highest BCUT2D eigenvalue weighted by atomic mass is 16.6.